The lowest BCUT2D eigenvalue weighted by Crippen LogP contribution is -2.38. The van der Waals surface area contributed by atoms with Crippen molar-refractivity contribution in [2.24, 2.45) is 7.05 Å². The Bertz CT molecular complexity index is 1130. The molecule has 0 aliphatic carbocycles. The number of amides is 1. The number of nitrogens with one attached hydrogen (secondary N) is 1. The monoisotopic (exact) mass is 450 g/mol. The number of carbonyl (C=O) groups is 1. The molecular weight excluding hydrogens is 432 g/mol. The highest BCUT2D eigenvalue weighted by atomic mass is 32.2. The standard InChI is InChI=1S/C17H18N6O3S3/c1-22-16(19-20-21-22)12-3-2-4-13(11-12)18-17(24)15-14(5-8-28-15)29(25,26)23-6-9-27-10-7-23/h2-5,8,11H,6-7,9-10H2,1H3,(H,18,24). The van der Waals surface area contributed by atoms with Gasteiger partial charge in [-0.1, -0.05) is 12.1 Å². The van der Waals surface area contributed by atoms with Crippen LogP contribution in [0.15, 0.2) is 40.6 Å². The summed E-state index contributed by atoms with van der Waals surface area (Å²) in [5.41, 5.74) is 1.27. The fourth-order valence-corrected chi connectivity index (χ4v) is 6.86. The minimum absolute atomic E-state index is 0.0561. The van der Waals surface area contributed by atoms with Gasteiger partial charge >= 0.3 is 0 Å². The number of rotatable bonds is 5. The van der Waals surface area contributed by atoms with Crippen LogP contribution >= 0.6 is 23.1 Å². The molecular formula is C17H18N6O3S3. The van der Waals surface area contributed by atoms with E-state index in [2.05, 4.69) is 20.8 Å². The van der Waals surface area contributed by atoms with E-state index in [1.54, 1.807) is 42.4 Å². The molecule has 3 aromatic rings. The van der Waals surface area contributed by atoms with E-state index in [0.29, 0.717) is 24.6 Å². The number of benzene rings is 1. The van der Waals surface area contributed by atoms with Gasteiger partial charge in [0.25, 0.3) is 5.91 Å². The number of hydrogen-bond donors (Lipinski definition) is 1. The van der Waals surface area contributed by atoms with Gasteiger partial charge in [0, 0.05) is 42.9 Å². The summed E-state index contributed by atoms with van der Waals surface area (Å²) in [4.78, 5) is 13.1. The largest absolute Gasteiger partial charge is 0.321 e. The molecule has 0 atom stereocenters. The third-order valence-electron chi connectivity index (χ3n) is 4.42. The maximum Gasteiger partial charge on any atom is 0.267 e. The third-order valence-corrected chi connectivity index (χ3v) is 8.35. The highest BCUT2D eigenvalue weighted by molar-refractivity contribution is 7.99. The Labute approximate surface area is 176 Å². The molecule has 1 aliphatic heterocycles. The number of thioether (sulfide) groups is 1. The normalized spacial score (nSPS) is 15.3. The predicted octanol–water partition coefficient (Wildman–Crippen LogP) is 1.93. The van der Waals surface area contributed by atoms with Gasteiger partial charge in [-0.3, -0.25) is 4.79 Å². The maximum atomic E-state index is 13.0. The molecule has 152 valence electrons. The molecule has 1 aliphatic rings. The van der Waals surface area contributed by atoms with Crippen LogP contribution in [-0.2, 0) is 17.1 Å². The van der Waals surface area contributed by atoms with E-state index < -0.39 is 15.9 Å². The molecule has 1 saturated heterocycles. The Hall–Kier alpha value is -2.28. The molecule has 0 bridgehead atoms. The van der Waals surface area contributed by atoms with Crippen molar-refractivity contribution in [2.75, 3.05) is 29.9 Å². The lowest BCUT2D eigenvalue weighted by molar-refractivity contribution is 0.102. The average molecular weight is 451 g/mol. The Morgan fingerprint density at radius 3 is 2.72 bits per heavy atom. The Morgan fingerprint density at radius 1 is 1.21 bits per heavy atom. The minimum Gasteiger partial charge on any atom is -0.321 e. The molecule has 0 saturated carbocycles. The quantitative estimate of drug-likeness (QED) is 0.632. The van der Waals surface area contributed by atoms with Gasteiger partial charge in [0.15, 0.2) is 5.82 Å². The second-order valence-corrected chi connectivity index (χ2v) is 10.3. The summed E-state index contributed by atoms with van der Waals surface area (Å²) in [7, 11) is -1.97. The molecule has 12 heteroatoms. The molecule has 2 aromatic heterocycles. The van der Waals surface area contributed by atoms with Crippen molar-refractivity contribution in [3.05, 3.63) is 40.6 Å². The fraction of sp³-hybridized carbons (Fsp3) is 0.294. The summed E-state index contributed by atoms with van der Waals surface area (Å²) in [6.45, 7) is 0.912. The second kappa shape index (κ2) is 8.22. The van der Waals surface area contributed by atoms with Crippen molar-refractivity contribution in [3.8, 4) is 11.4 Å². The molecule has 9 nitrogen and oxygen atoms in total. The minimum atomic E-state index is -3.70. The van der Waals surface area contributed by atoms with Crippen LogP contribution in [0.2, 0.25) is 0 Å². The van der Waals surface area contributed by atoms with E-state index >= 15 is 0 Å². The number of anilines is 1. The molecule has 4 rings (SSSR count). The summed E-state index contributed by atoms with van der Waals surface area (Å²) in [5.74, 6) is 1.62. The number of nitrogens with zero attached hydrogens (tertiary/aromatic N) is 5. The van der Waals surface area contributed by atoms with Crippen LogP contribution in [0.1, 0.15) is 9.67 Å². The highest BCUT2D eigenvalue weighted by Gasteiger charge is 2.31. The van der Waals surface area contributed by atoms with Crippen LogP contribution < -0.4 is 5.32 Å². The van der Waals surface area contributed by atoms with Gasteiger partial charge in [-0.25, -0.2) is 13.1 Å². The van der Waals surface area contributed by atoms with Gasteiger partial charge in [0.05, 0.1) is 0 Å². The molecule has 0 radical (unpaired) electrons. The lowest BCUT2D eigenvalue weighted by atomic mass is 10.2. The van der Waals surface area contributed by atoms with Gasteiger partial charge in [0.2, 0.25) is 10.0 Å². The number of aryl methyl sites for hydroxylation is 1. The van der Waals surface area contributed by atoms with E-state index in [4.69, 9.17) is 0 Å². The maximum absolute atomic E-state index is 13.0. The van der Waals surface area contributed by atoms with Gasteiger partial charge < -0.3 is 5.32 Å². The summed E-state index contributed by atoms with van der Waals surface area (Å²) in [5, 5.41) is 15.8. The van der Waals surface area contributed by atoms with Crippen LogP contribution in [0.4, 0.5) is 5.69 Å². The first kappa shape index (κ1) is 20.0. The van der Waals surface area contributed by atoms with Crippen molar-refractivity contribution in [1.82, 2.24) is 24.5 Å². The van der Waals surface area contributed by atoms with Gasteiger partial charge in [-0.05, 0) is 34.0 Å². The number of sulfonamides is 1. The number of aromatic nitrogens is 4. The number of tetrazole rings is 1. The zero-order chi connectivity index (χ0) is 20.4. The highest BCUT2D eigenvalue weighted by Crippen LogP contribution is 2.28. The molecule has 1 N–H and O–H groups in total. The van der Waals surface area contributed by atoms with Crippen molar-refractivity contribution in [1.29, 1.82) is 0 Å². The Kier molecular flexibility index (Phi) is 5.67. The molecule has 1 aromatic carbocycles. The van der Waals surface area contributed by atoms with Crippen LogP contribution in [0.25, 0.3) is 11.4 Å². The molecule has 1 fully saturated rings. The number of hydrogen-bond acceptors (Lipinski definition) is 8. The summed E-state index contributed by atoms with van der Waals surface area (Å²) >= 11 is 2.84. The van der Waals surface area contributed by atoms with Crippen molar-refractivity contribution < 1.29 is 13.2 Å². The second-order valence-electron chi connectivity index (χ2n) is 6.29. The number of thiophene rings is 1. The summed E-state index contributed by atoms with van der Waals surface area (Å²) in [6.07, 6.45) is 0. The van der Waals surface area contributed by atoms with E-state index in [0.717, 1.165) is 28.4 Å². The average Bonchev–Trinajstić information content (AvgIpc) is 3.38. The van der Waals surface area contributed by atoms with E-state index in [1.165, 1.54) is 15.1 Å². The zero-order valence-electron chi connectivity index (χ0n) is 15.5. The van der Waals surface area contributed by atoms with E-state index in [-0.39, 0.29) is 9.77 Å². The molecule has 0 spiro atoms. The first-order chi connectivity index (χ1) is 14.0. The van der Waals surface area contributed by atoms with Crippen molar-refractivity contribution in [2.45, 2.75) is 4.90 Å². The Balaban J connectivity index is 1.58. The topological polar surface area (TPSA) is 110 Å². The lowest BCUT2D eigenvalue weighted by Gasteiger charge is -2.25. The molecule has 3 heterocycles. The van der Waals surface area contributed by atoms with Gasteiger partial charge in [-0.15, -0.1) is 16.4 Å². The van der Waals surface area contributed by atoms with Crippen molar-refractivity contribution in [3.63, 3.8) is 0 Å². The first-order valence-corrected chi connectivity index (χ1v) is 12.2. The molecule has 29 heavy (non-hydrogen) atoms. The molecule has 0 unspecified atom stereocenters. The first-order valence-electron chi connectivity index (χ1n) is 8.76. The Morgan fingerprint density at radius 2 is 2.00 bits per heavy atom. The van der Waals surface area contributed by atoms with E-state index in [9.17, 15) is 13.2 Å². The summed E-state index contributed by atoms with van der Waals surface area (Å²) < 4.78 is 29.0. The van der Waals surface area contributed by atoms with Crippen LogP contribution in [0.5, 0.6) is 0 Å². The fourth-order valence-electron chi connectivity index (χ4n) is 2.99. The van der Waals surface area contributed by atoms with E-state index in [1.807, 2.05) is 6.07 Å². The van der Waals surface area contributed by atoms with Crippen LogP contribution in [-0.4, -0.2) is 63.4 Å². The van der Waals surface area contributed by atoms with Crippen LogP contribution in [0.3, 0.4) is 0 Å². The molecule has 1 amide bonds. The third kappa shape index (κ3) is 4.06. The number of carbonyl (C=O) groups excluding carboxylic acids is 1. The predicted molar refractivity (Wildman–Crippen MR) is 113 cm³/mol. The van der Waals surface area contributed by atoms with Gasteiger partial charge in [0.1, 0.15) is 9.77 Å². The van der Waals surface area contributed by atoms with Crippen molar-refractivity contribution >= 4 is 44.7 Å². The summed E-state index contributed by atoms with van der Waals surface area (Å²) in [6, 6.07) is 8.58. The van der Waals surface area contributed by atoms with Gasteiger partial charge in [-0.2, -0.15) is 16.1 Å². The smallest absolute Gasteiger partial charge is 0.267 e. The van der Waals surface area contributed by atoms with Crippen LogP contribution in [0, 0.1) is 0 Å². The SMILES string of the molecule is Cn1nnnc1-c1cccc(NC(=O)c2sccc2S(=O)(=O)N2CCSCC2)c1. The zero-order valence-corrected chi connectivity index (χ0v) is 17.9.